The van der Waals surface area contributed by atoms with Gasteiger partial charge in [-0.15, -0.1) is 0 Å². The van der Waals surface area contributed by atoms with E-state index in [0.29, 0.717) is 0 Å². The molecule has 13 heavy (non-hydrogen) atoms. The number of carbonyl (C=O) groups excluding carboxylic acids is 2. The molecule has 0 atom stereocenters. The molecule has 1 fully saturated rings. The molecular formula is C8H12N2O2S. The quantitative estimate of drug-likeness (QED) is 0.511. The van der Waals surface area contributed by atoms with Crippen LogP contribution in [0.2, 0.25) is 0 Å². The summed E-state index contributed by atoms with van der Waals surface area (Å²) in [4.78, 5) is 24.0. The fourth-order valence-electron chi connectivity index (χ4n) is 1.31. The second-order valence-electron chi connectivity index (χ2n) is 3.55. The largest absolute Gasteiger partial charge is 0.391 e. The Hall–Kier alpha value is -0.970. The lowest BCUT2D eigenvalue weighted by molar-refractivity contribution is -0.141. The number of amides is 2. The Kier molecular flexibility index (Phi) is 2.38. The van der Waals surface area contributed by atoms with Gasteiger partial charge in [-0.1, -0.05) is 12.2 Å². The molecule has 2 amide bonds. The minimum absolute atomic E-state index is 0.163. The summed E-state index contributed by atoms with van der Waals surface area (Å²) in [6.45, 7) is 3.35. The van der Waals surface area contributed by atoms with E-state index < -0.39 is 5.54 Å². The lowest BCUT2D eigenvalue weighted by Gasteiger charge is -2.32. The van der Waals surface area contributed by atoms with Gasteiger partial charge in [0.2, 0.25) is 11.8 Å². The van der Waals surface area contributed by atoms with E-state index in [1.165, 1.54) is 0 Å². The van der Waals surface area contributed by atoms with Crippen molar-refractivity contribution in [1.82, 2.24) is 4.90 Å². The van der Waals surface area contributed by atoms with E-state index in [0.717, 1.165) is 4.90 Å². The average molecular weight is 200 g/mol. The van der Waals surface area contributed by atoms with Crippen LogP contribution in [-0.2, 0) is 9.59 Å². The Bertz CT molecular complexity index is 270. The normalized spacial score (nSPS) is 18.2. The molecule has 0 aromatic heterocycles. The topological polar surface area (TPSA) is 63.4 Å². The Morgan fingerprint density at radius 3 is 2.08 bits per heavy atom. The highest BCUT2D eigenvalue weighted by Gasteiger charge is 2.41. The number of nitrogens with zero attached hydrogens (tertiary/aromatic N) is 1. The first kappa shape index (κ1) is 10.1. The average Bonchev–Trinajstić information content (AvgIpc) is 2.30. The van der Waals surface area contributed by atoms with Crippen molar-refractivity contribution in [2.24, 2.45) is 5.73 Å². The van der Waals surface area contributed by atoms with Gasteiger partial charge in [0.05, 0.1) is 10.5 Å². The lowest BCUT2D eigenvalue weighted by Crippen LogP contribution is -2.54. The Balaban J connectivity index is 2.99. The van der Waals surface area contributed by atoms with Gasteiger partial charge in [-0.05, 0) is 13.8 Å². The molecule has 0 bridgehead atoms. The van der Waals surface area contributed by atoms with Crippen molar-refractivity contribution in [3.05, 3.63) is 0 Å². The predicted molar refractivity (Wildman–Crippen MR) is 52.0 cm³/mol. The minimum Gasteiger partial charge on any atom is -0.391 e. The third kappa shape index (κ3) is 1.56. The summed E-state index contributed by atoms with van der Waals surface area (Å²) >= 11 is 4.81. The highest BCUT2D eigenvalue weighted by Crippen LogP contribution is 2.23. The predicted octanol–water partition coefficient (Wildman–Crippen LogP) is 0.200. The third-order valence-corrected chi connectivity index (χ3v) is 2.71. The first-order chi connectivity index (χ1) is 5.87. The molecule has 0 saturated carbocycles. The van der Waals surface area contributed by atoms with Crippen LogP contribution in [0.4, 0.5) is 0 Å². The summed E-state index contributed by atoms with van der Waals surface area (Å²) in [7, 11) is 0. The number of rotatable bonds is 2. The summed E-state index contributed by atoms with van der Waals surface area (Å²) < 4.78 is 0. The van der Waals surface area contributed by atoms with Gasteiger partial charge in [0.15, 0.2) is 0 Å². The SMILES string of the molecule is CC(C)(C(N)=S)N1C(=O)CCC1=O. The summed E-state index contributed by atoms with van der Waals surface area (Å²) in [6, 6.07) is 0. The van der Waals surface area contributed by atoms with Crippen molar-refractivity contribution >= 4 is 29.0 Å². The smallest absolute Gasteiger partial charge is 0.230 e. The van der Waals surface area contributed by atoms with Crippen molar-refractivity contribution < 1.29 is 9.59 Å². The molecule has 0 aromatic carbocycles. The molecule has 4 nitrogen and oxygen atoms in total. The summed E-state index contributed by atoms with van der Waals surface area (Å²) in [5.41, 5.74) is 4.63. The number of carbonyl (C=O) groups is 2. The molecule has 1 rings (SSSR count). The van der Waals surface area contributed by atoms with Crippen molar-refractivity contribution in [3.8, 4) is 0 Å². The highest BCUT2D eigenvalue weighted by molar-refractivity contribution is 7.80. The van der Waals surface area contributed by atoms with Gasteiger partial charge < -0.3 is 5.73 Å². The highest BCUT2D eigenvalue weighted by atomic mass is 32.1. The van der Waals surface area contributed by atoms with Crippen LogP contribution >= 0.6 is 12.2 Å². The first-order valence-corrected chi connectivity index (χ1v) is 4.44. The van der Waals surface area contributed by atoms with Gasteiger partial charge in [0, 0.05) is 12.8 Å². The fourth-order valence-corrected chi connectivity index (χ4v) is 1.40. The number of hydrogen-bond donors (Lipinski definition) is 1. The summed E-state index contributed by atoms with van der Waals surface area (Å²) in [5, 5.41) is 0. The van der Waals surface area contributed by atoms with Gasteiger partial charge in [-0.25, -0.2) is 0 Å². The molecule has 1 aliphatic heterocycles. The molecule has 72 valence electrons. The molecule has 0 spiro atoms. The van der Waals surface area contributed by atoms with E-state index in [1.54, 1.807) is 13.8 Å². The molecule has 1 heterocycles. The Labute approximate surface area is 82.1 Å². The van der Waals surface area contributed by atoms with E-state index >= 15 is 0 Å². The second-order valence-corrected chi connectivity index (χ2v) is 3.99. The Morgan fingerprint density at radius 1 is 1.38 bits per heavy atom. The van der Waals surface area contributed by atoms with Crippen LogP contribution in [0.3, 0.4) is 0 Å². The number of nitrogens with two attached hydrogens (primary N) is 1. The second kappa shape index (κ2) is 3.06. The van der Waals surface area contributed by atoms with E-state index in [1.807, 2.05) is 0 Å². The molecule has 0 unspecified atom stereocenters. The molecule has 2 N–H and O–H groups in total. The van der Waals surface area contributed by atoms with Crippen LogP contribution in [0.15, 0.2) is 0 Å². The zero-order valence-electron chi connectivity index (χ0n) is 7.66. The van der Waals surface area contributed by atoms with Gasteiger partial charge in [0.25, 0.3) is 0 Å². The van der Waals surface area contributed by atoms with Gasteiger partial charge in [-0.3, -0.25) is 14.5 Å². The maximum Gasteiger partial charge on any atom is 0.230 e. The van der Waals surface area contributed by atoms with Crippen LogP contribution in [0.1, 0.15) is 26.7 Å². The number of thiocarbonyl (C=S) groups is 1. The van der Waals surface area contributed by atoms with Gasteiger partial charge in [0.1, 0.15) is 0 Å². The van der Waals surface area contributed by atoms with E-state index in [-0.39, 0.29) is 29.6 Å². The fraction of sp³-hybridized carbons (Fsp3) is 0.625. The molecular weight excluding hydrogens is 188 g/mol. The van der Waals surface area contributed by atoms with Crippen molar-refractivity contribution in [2.75, 3.05) is 0 Å². The molecule has 0 radical (unpaired) electrons. The molecule has 5 heteroatoms. The monoisotopic (exact) mass is 200 g/mol. The van der Waals surface area contributed by atoms with Crippen LogP contribution < -0.4 is 5.73 Å². The molecule has 1 saturated heterocycles. The number of hydrogen-bond acceptors (Lipinski definition) is 3. The van der Waals surface area contributed by atoms with Crippen molar-refractivity contribution in [3.63, 3.8) is 0 Å². The van der Waals surface area contributed by atoms with E-state index in [9.17, 15) is 9.59 Å². The van der Waals surface area contributed by atoms with Crippen molar-refractivity contribution in [1.29, 1.82) is 0 Å². The summed E-state index contributed by atoms with van der Waals surface area (Å²) in [5.74, 6) is -0.384. The van der Waals surface area contributed by atoms with Gasteiger partial charge in [-0.2, -0.15) is 0 Å². The number of likely N-dealkylation sites (tertiary alicyclic amines) is 1. The third-order valence-electron chi connectivity index (χ3n) is 2.21. The van der Waals surface area contributed by atoms with Crippen LogP contribution in [0.5, 0.6) is 0 Å². The van der Waals surface area contributed by atoms with Crippen LogP contribution in [0, 0.1) is 0 Å². The Morgan fingerprint density at radius 2 is 1.77 bits per heavy atom. The van der Waals surface area contributed by atoms with E-state index in [4.69, 9.17) is 18.0 Å². The van der Waals surface area contributed by atoms with Crippen LogP contribution in [0.25, 0.3) is 0 Å². The minimum atomic E-state index is -0.833. The van der Waals surface area contributed by atoms with E-state index in [2.05, 4.69) is 0 Å². The zero-order chi connectivity index (χ0) is 10.2. The van der Waals surface area contributed by atoms with Crippen LogP contribution in [-0.4, -0.2) is 27.2 Å². The lowest BCUT2D eigenvalue weighted by atomic mass is 10.0. The van der Waals surface area contributed by atoms with Crippen molar-refractivity contribution in [2.45, 2.75) is 32.2 Å². The number of imide groups is 1. The molecule has 0 aliphatic carbocycles. The maximum absolute atomic E-state index is 11.3. The maximum atomic E-state index is 11.3. The standard InChI is InChI=1S/C8H12N2O2S/c1-8(2,7(9)13)10-5(11)3-4-6(10)12/h3-4H2,1-2H3,(H2,9,13). The molecule has 1 aliphatic rings. The van der Waals surface area contributed by atoms with Gasteiger partial charge >= 0.3 is 0 Å². The zero-order valence-corrected chi connectivity index (χ0v) is 8.48. The molecule has 0 aromatic rings. The summed E-state index contributed by atoms with van der Waals surface area (Å²) in [6.07, 6.45) is 0.537. The first-order valence-electron chi connectivity index (χ1n) is 4.03.